The van der Waals surface area contributed by atoms with Crippen molar-refractivity contribution in [2.45, 2.75) is 0 Å². The molecular formula is C32H7AlCl16N8O4S. The molecule has 0 fully saturated rings. The Hall–Kier alpha value is -0.718. The predicted octanol–water partition coefficient (Wildman–Crippen LogP) is 15.5. The lowest BCUT2D eigenvalue weighted by Gasteiger charge is -2.09. The van der Waals surface area contributed by atoms with Crippen molar-refractivity contribution < 1.29 is 17.5 Å². The number of aromatic amines is 2. The molecule has 12 nitrogen and oxygen atoms in total. The van der Waals surface area contributed by atoms with Crippen LogP contribution in [0.25, 0.3) is 89.7 Å². The SMILES string of the molecule is Clc1c(Cl)c(Cl)c2c(c1Cl)-c1nc-2nc2[nH]c(nc3nc(nc4[nH]c(n1)c1c(Cl)c(Cl)c(Cl)c(Cl)c41)-c1c(Cl)c(Cl)c(Cl)c(Cl)c1-3)c1c(Cl)c(Cl)c(Cl)c(Cl)c21.O=S(=O)(O)O.[AlH3]. The average molecular weight is 1190 g/mol. The van der Waals surface area contributed by atoms with Gasteiger partial charge in [0.25, 0.3) is 0 Å². The van der Waals surface area contributed by atoms with E-state index in [1.807, 2.05) is 0 Å². The maximum Gasteiger partial charge on any atom is 0.394 e. The molecule has 320 valence electrons. The molecule has 7 aromatic rings. The molecule has 2 aliphatic rings. The third kappa shape index (κ3) is 7.94. The number of benzene rings is 4. The third-order valence-corrected chi connectivity index (χ3v) is 15.9. The van der Waals surface area contributed by atoms with Crippen molar-refractivity contribution in [2.24, 2.45) is 0 Å². The summed E-state index contributed by atoms with van der Waals surface area (Å²) in [4.78, 5) is 34.9. The van der Waals surface area contributed by atoms with Gasteiger partial charge in [-0.1, -0.05) is 186 Å². The van der Waals surface area contributed by atoms with Crippen molar-refractivity contribution in [3.63, 3.8) is 0 Å². The van der Waals surface area contributed by atoms with E-state index in [1.54, 1.807) is 0 Å². The molecule has 8 bridgehead atoms. The Morgan fingerprint density at radius 2 is 0.468 bits per heavy atom. The number of hydrogen-bond acceptors (Lipinski definition) is 8. The minimum absolute atomic E-state index is 0. The topological polar surface area (TPSA) is 184 Å². The molecule has 0 radical (unpaired) electrons. The zero-order valence-electron chi connectivity index (χ0n) is 27.8. The van der Waals surface area contributed by atoms with E-state index in [4.69, 9.17) is 233 Å². The van der Waals surface area contributed by atoms with E-state index in [0.717, 1.165) is 0 Å². The first-order chi connectivity index (χ1) is 28.4. The van der Waals surface area contributed by atoms with E-state index >= 15 is 0 Å². The average Bonchev–Trinajstić information content (AvgIpc) is 3.94. The molecular weight excluding hydrogens is 1190 g/mol. The summed E-state index contributed by atoms with van der Waals surface area (Å²) in [5.41, 5.74) is 0.666. The highest BCUT2D eigenvalue weighted by Crippen LogP contribution is 2.54. The molecule has 5 heterocycles. The van der Waals surface area contributed by atoms with E-state index in [1.165, 1.54) is 0 Å². The molecule has 9 rings (SSSR count). The molecule has 0 unspecified atom stereocenters. The molecule has 0 amide bonds. The number of aromatic nitrogens is 8. The van der Waals surface area contributed by atoms with E-state index in [0.29, 0.717) is 0 Å². The van der Waals surface area contributed by atoms with Crippen LogP contribution in [0, 0.1) is 0 Å². The summed E-state index contributed by atoms with van der Waals surface area (Å²) in [6.45, 7) is 0. The van der Waals surface area contributed by atoms with Crippen LogP contribution in [0.2, 0.25) is 80.4 Å². The van der Waals surface area contributed by atoms with Crippen LogP contribution in [0.15, 0.2) is 0 Å². The Balaban J connectivity index is 0.000000913. The largest absolute Gasteiger partial charge is 0.394 e. The summed E-state index contributed by atoms with van der Waals surface area (Å²) >= 11 is 107. The second kappa shape index (κ2) is 17.7. The van der Waals surface area contributed by atoms with Crippen molar-refractivity contribution in [1.82, 2.24) is 39.9 Å². The second-order valence-corrected chi connectivity index (χ2v) is 19.0. The molecule has 4 aromatic carbocycles. The Labute approximate surface area is 435 Å². The minimum Gasteiger partial charge on any atom is -0.324 e. The first-order valence-electron chi connectivity index (χ1n) is 15.4. The molecule has 0 spiro atoms. The van der Waals surface area contributed by atoms with E-state index in [9.17, 15) is 0 Å². The van der Waals surface area contributed by atoms with Crippen LogP contribution in [0.5, 0.6) is 0 Å². The predicted molar refractivity (Wildman–Crippen MR) is 260 cm³/mol. The Bertz CT molecular complexity index is 3100. The number of nitrogens with zero attached hydrogens (tertiary/aromatic N) is 6. The normalized spacial score (nSPS) is 12.0. The molecule has 0 saturated heterocycles. The fourth-order valence-corrected chi connectivity index (χ4v) is 10.3. The summed E-state index contributed by atoms with van der Waals surface area (Å²) in [6, 6.07) is 0. The number of nitrogens with one attached hydrogen (secondary N) is 2. The van der Waals surface area contributed by atoms with Gasteiger partial charge in [-0.2, -0.15) is 8.42 Å². The van der Waals surface area contributed by atoms with Gasteiger partial charge in [0, 0.05) is 0 Å². The maximum atomic E-state index is 8.74. The van der Waals surface area contributed by atoms with Crippen LogP contribution in [-0.4, -0.2) is 74.8 Å². The van der Waals surface area contributed by atoms with Crippen molar-refractivity contribution in [2.75, 3.05) is 0 Å². The maximum absolute atomic E-state index is 8.74. The first kappa shape index (κ1) is 49.2. The van der Waals surface area contributed by atoms with Gasteiger partial charge in [0.2, 0.25) is 0 Å². The fraction of sp³-hybridized carbons (Fsp3) is 0. The molecule has 2 aliphatic heterocycles. The van der Waals surface area contributed by atoms with Crippen LogP contribution in [0.3, 0.4) is 0 Å². The third-order valence-electron chi connectivity index (χ3n) is 8.68. The highest BCUT2D eigenvalue weighted by atomic mass is 35.5. The minimum atomic E-state index is -4.67. The Kier molecular flexibility index (Phi) is 14.1. The van der Waals surface area contributed by atoms with Gasteiger partial charge in [-0.3, -0.25) is 9.11 Å². The smallest absolute Gasteiger partial charge is 0.324 e. The van der Waals surface area contributed by atoms with Gasteiger partial charge in [-0.05, 0) is 0 Å². The standard InChI is InChI=1S/C32H2Cl16N8.Al.H2O4S.3H/c33-9-1-2(10(34)18(42)17(9)41)26-49-25(1)53-27-3-4(12(36)20(44)19(43)11(3)35)29(50-27)55-31-7-8(16(40)24(48)23(47)15(7)39)32(52-31)56-30-6-5(28(51-30)54-26)13(37)21(45)22(46)14(6)38;;1-5(2,3)4;;;/h(H2,49,50,51,52,53,54,55,56);;(H2,1,2,3,4);;;. The zero-order valence-corrected chi connectivity index (χ0v) is 40.8. The lowest BCUT2D eigenvalue weighted by molar-refractivity contribution is 0.381. The summed E-state index contributed by atoms with van der Waals surface area (Å²) in [5, 5.41) is -0.398. The highest BCUT2D eigenvalue weighted by Gasteiger charge is 2.33. The number of rotatable bonds is 0. The molecule has 30 heteroatoms. The van der Waals surface area contributed by atoms with E-state index in [2.05, 4.69) is 9.97 Å². The summed E-state index contributed by atoms with van der Waals surface area (Å²) in [6.07, 6.45) is 0. The monoisotopic (exact) mass is 1190 g/mol. The van der Waals surface area contributed by atoms with Crippen LogP contribution >= 0.6 is 186 Å². The van der Waals surface area contributed by atoms with Crippen LogP contribution in [-0.2, 0) is 10.4 Å². The summed E-state index contributed by atoms with van der Waals surface area (Å²) < 4.78 is 31.6. The molecule has 0 atom stereocenters. The van der Waals surface area contributed by atoms with E-state index in [-0.39, 0.29) is 187 Å². The lowest BCUT2D eigenvalue weighted by Crippen LogP contribution is -1.89. The van der Waals surface area contributed by atoms with Crippen LogP contribution in [0.1, 0.15) is 0 Å². The zero-order chi connectivity index (χ0) is 44.6. The van der Waals surface area contributed by atoms with Crippen molar-refractivity contribution in [3.8, 4) is 45.6 Å². The number of fused-ring (bicyclic) bond motifs is 20. The Morgan fingerprint density at radius 3 is 0.645 bits per heavy atom. The molecule has 4 N–H and O–H groups in total. The van der Waals surface area contributed by atoms with Crippen molar-refractivity contribution in [1.29, 1.82) is 0 Å². The number of hydrogen-bond donors (Lipinski definition) is 4. The van der Waals surface area contributed by atoms with Crippen molar-refractivity contribution >= 4 is 258 Å². The van der Waals surface area contributed by atoms with E-state index < -0.39 is 10.4 Å². The number of H-pyrrole nitrogens is 2. The molecule has 3 aromatic heterocycles. The van der Waals surface area contributed by atoms with Gasteiger partial charge in [0.15, 0.2) is 40.7 Å². The second-order valence-electron chi connectivity index (χ2n) is 12.1. The summed E-state index contributed by atoms with van der Waals surface area (Å²) in [7, 11) is -4.67. The highest BCUT2D eigenvalue weighted by molar-refractivity contribution is 7.79. The van der Waals surface area contributed by atoms with Crippen LogP contribution in [0.4, 0.5) is 0 Å². The molecule has 0 aliphatic carbocycles. The van der Waals surface area contributed by atoms with Gasteiger partial charge < -0.3 is 9.97 Å². The lowest BCUT2D eigenvalue weighted by atomic mass is 10.1. The van der Waals surface area contributed by atoms with Gasteiger partial charge in [0.1, 0.15) is 22.6 Å². The molecule has 62 heavy (non-hydrogen) atoms. The molecule has 0 saturated carbocycles. The van der Waals surface area contributed by atoms with Gasteiger partial charge in [-0.15, -0.1) is 0 Å². The summed E-state index contributed by atoms with van der Waals surface area (Å²) in [5.74, 6) is -0.257. The number of halogens is 16. The Morgan fingerprint density at radius 1 is 0.306 bits per heavy atom. The van der Waals surface area contributed by atoms with Crippen molar-refractivity contribution in [3.05, 3.63) is 80.4 Å². The van der Waals surface area contributed by atoms with Gasteiger partial charge in [0.05, 0.1) is 124 Å². The van der Waals surface area contributed by atoms with Gasteiger partial charge >= 0.3 is 10.4 Å². The van der Waals surface area contributed by atoms with Crippen LogP contribution < -0.4 is 0 Å². The first-order valence-corrected chi connectivity index (χ1v) is 22.8. The quantitative estimate of drug-likeness (QED) is 0.0493. The van der Waals surface area contributed by atoms with Gasteiger partial charge in [-0.25, -0.2) is 29.9 Å². The fourth-order valence-electron chi connectivity index (χ4n) is 6.24.